The molecule has 1 heterocycles. The predicted molar refractivity (Wildman–Crippen MR) is 83.0 cm³/mol. The van der Waals surface area contributed by atoms with Crippen LogP contribution in [0.5, 0.6) is 0 Å². The summed E-state index contributed by atoms with van der Waals surface area (Å²) in [7, 11) is 0. The molecule has 2 nitrogen and oxygen atoms in total. The molecule has 2 heteroatoms. The highest BCUT2D eigenvalue weighted by Crippen LogP contribution is 2.47. The quantitative estimate of drug-likeness (QED) is 0.801. The van der Waals surface area contributed by atoms with Crippen LogP contribution in [0, 0.1) is 5.92 Å². The lowest BCUT2D eigenvalue weighted by atomic mass is 10.1. The van der Waals surface area contributed by atoms with Gasteiger partial charge in [-0.15, -0.1) is 0 Å². The summed E-state index contributed by atoms with van der Waals surface area (Å²) in [6.07, 6.45) is 3.63. The molecule has 20 heavy (non-hydrogen) atoms. The van der Waals surface area contributed by atoms with Gasteiger partial charge in [0.1, 0.15) is 11.5 Å². The highest BCUT2D eigenvalue weighted by molar-refractivity contribution is 5.44. The van der Waals surface area contributed by atoms with E-state index in [4.69, 9.17) is 4.42 Å². The molecular weight excluding hydrogens is 246 g/mol. The van der Waals surface area contributed by atoms with E-state index in [-0.39, 0.29) is 0 Å². The second-order valence-electron chi connectivity index (χ2n) is 5.92. The third-order valence-electron chi connectivity index (χ3n) is 4.12. The molecule has 1 aliphatic carbocycles. The number of anilines is 1. The number of hydrogen-bond donors (Lipinski definition) is 1. The monoisotopic (exact) mass is 269 g/mol. The van der Waals surface area contributed by atoms with Gasteiger partial charge in [-0.3, -0.25) is 0 Å². The summed E-state index contributed by atoms with van der Waals surface area (Å²) in [6.45, 7) is 5.25. The molecule has 0 bridgehead atoms. The first-order valence-corrected chi connectivity index (χ1v) is 7.67. The first-order valence-electron chi connectivity index (χ1n) is 7.67. The average Bonchev–Trinajstić information content (AvgIpc) is 3.01. The SMILES string of the molecule is CCCc1ccc(NCc2ccc(C3CC3C)o2)cc1. The summed E-state index contributed by atoms with van der Waals surface area (Å²) in [5.41, 5.74) is 2.56. The zero-order valence-electron chi connectivity index (χ0n) is 12.4. The summed E-state index contributed by atoms with van der Waals surface area (Å²) < 4.78 is 5.90. The van der Waals surface area contributed by atoms with E-state index in [1.54, 1.807) is 0 Å². The molecule has 1 fully saturated rings. The zero-order chi connectivity index (χ0) is 13.9. The maximum Gasteiger partial charge on any atom is 0.123 e. The van der Waals surface area contributed by atoms with Crippen molar-refractivity contribution in [3.63, 3.8) is 0 Å². The Bertz CT molecular complexity index is 555. The summed E-state index contributed by atoms with van der Waals surface area (Å²) in [5, 5.41) is 3.42. The minimum atomic E-state index is 0.664. The number of hydrogen-bond acceptors (Lipinski definition) is 2. The van der Waals surface area contributed by atoms with Gasteiger partial charge in [0.25, 0.3) is 0 Å². The summed E-state index contributed by atoms with van der Waals surface area (Å²) >= 11 is 0. The Kier molecular flexibility index (Phi) is 3.81. The Morgan fingerprint density at radius 2 is 1.90 bits per heavy atom. The van der Waals surface area contributed by atoms with Crippen molar-refractivity contribution in [3.05, 3.63) is 53.5 Å². The molecule has 0 aliphatic heterocycles. The van der Waals surface area contributed by atoms with Crippen LogP contribution in [0.1, 0.15) is 49.7 Å². The van der Waals surface area contributed by atoms with Crippen molar-refractivity contribution < 1.29 is 4.42 Å². The Balaban J connectivity index is 1.54. The first kappa shape index (κ1) is 13.3. The molecule has 2 unspecified atom stereocenters. The minimum Gasteiger partial charge on any atom is -0.464 e. The van der Waals surface area contributed by atoms with E-state index in [0.29, 0.717) is 5.92 Å². The Morgan fingerprint density at radius 3 is 2.55 bits per heavy atom. The lowest BCUT2D eigenvalue weighted by Gasteiger charge is -2.05. The van der Waals surface area contributed by atoms with Gasteiger partial charge in [-0.2, -0.15) is 0 Å². The summed E-state index contributed by atoms with van der Waals surface area (Å²) in [6, 6.07) is 12.9. The molecule has 1 aromatic carbocycles. The molecule has 106 valence electrons. The van der Waals surface area contributed by atoms with E-state index in [0.717, 1.165) is 36.1 Å². The summed E-state index contributed by atoms with van der Waals surface area (Å²) in [5.74, 6) is 3.65. The highest BCUT2D eigenvalue weighted by Gasteiger charge is 2.36. The minimum absolute atomic E-state index is 0.664. The fourth-order valence-electron chi connectivity index (χ4n) is 2.67. The molecule has 1 saturated carbocycles. The van der Waals surface area contributed by atoms with Gasteiger partial charge in [-0.05, 0) is 48.6 Å². The average molecular weight is 269 g/mol. The second kappa shape index (κ2) is 5.74. The van der Waals surface area contributed by atoms with Crippen LogP contribution in [0.15, 0.2) is 40.8 Å². The molecule has 0 saturated heterocycles. The van der Waals surface area contributed by atoms with Crippen molar-refractivity contribution in [2.24, 2.45) is 5.92 Å². The lowest BCUT2D eigenvalue weighted by Crippen LogP contribution is -1.98. The third kappa shape index (κ3) is 3.06. The summed E-state index contributed by atoms with van der Waals surface area (Å²) in [4.78, 5) is 0. The van der Waals surface area contributed by atoms with Crippen LogP contribution in [0.2, 0.25) is 0 Å². The van der Waals surface area contributed by atoms with Crippen LogP contribution < -0.4 is 5.32 Å². The second-order valence-corrected chi connectivity index (χ2v) is 5.92. The van der Waals surface area contributed by atoms with Crippen LogP contribution in [-0.2, 0) is 13.0 Å². The number of aryl methyl sites for hydroxylation is 1. The van der Waals surface area contributed by atoms with Crippen LogP contribution in [0.3, 0.4) is 0 Å². The van der Waals surface area contributed by atoms with Gasteiger partial charge >= 0.3 is 0 Å². The van der Waals surface area contributed by atoms with Gasteiger partial charge in [-0.1, -0.05) is 32.4 Å². The largest absolute Gasteiger partial charge is 0.464 e. The predicted octanol–water partition coefficient (Wildman–Crippen LogP) is 4.97. The van der Waals surface area contributed by atoms with Gasteiger partial charge in [0, 0.05) is 11.6 Å². The van der Waals surface area contributed by atoms with E-state index in [1.165, 1.54) is 18.4 Å². The number of furan rings is 1. The molecule has 1 N–H and O–H groups in total. The van der Waals surface area contributed by atoms with E-state index in [2.05, 4.69) is 55.6 Å². The van der Waals surface area contributed by atoms with Gasteiger partial charge in [-0.25, -0.2) is 0 Å². The number of nitrogens with one attached hydrogen (secondary N) is 1. The number of benzene rings is 1. The van der Waals surface area contributed by atoms with E-state index in [1.807, 2.05) is 0 Å². The van der Waals surface area contributed by atoms with Crippen molar-refractivity contribution in [1.82, 2.24) is 0 Å². The number of rotatable bonds is 6. The fourth-order valence-corrected chi connectivity index (χ4v) is 2.67. The Hall–Kier alpha value is -1.70. The van der Waals surface area contributed by atoms with Crippen molar-refractivity contribution in [3.8, 4) is 0 Å². The van der Waals surface area contributed by atoms with Gasteiger partial charge < -0.3 is 9.73 Å². The molecule has 2 aromatic rings. The maximum atomic E-state index is 5.90. The third-order valence-corrected chi connectivity index (χ3v) is 4.12. The molecule has 0 spiro atoms. The first-order chi connectivity index (χ1) is 9.76. The van der Waals surface area contributed by atoms with Crippen molar-refractivity contribution >= 4 is 5.69 Å². The van der Waals surface area contributed by atoms with E-state index < -0.39 is 0 Å². The van der Waals surface area contributed by atoms with E-state index >= 15 is 0 Å². The Labute approximate surface area is 121 Å². The highest BCUT2D eigenvalue weighted by atomic mass is 16.3. The molecule has 0 radical (unpaired) electrons. The van der Waals surface area contributed by atoms with Crippen molar-refractivity contribution in [2.75, 3.05) is 5.32 Å². The zero-order valence-corrected chi connectivity index (χ0v) is 12.4. The molecule has 1 aromatic heterocycles. The van der Waals surface area contributed by atoms with Crippen molar-refractivity contribution in [2.45, 2.75) is 45.6 Å². The fraction of sp³-hybridized carbons (Fsp3) is 0.444. The van der Waals surface area contributed by atoms with Crippen molar-refractivity contribution in [1.29, 1.82) is 0 Å². The molecule has 3 rings (SSSR count). The van der Waals surface area contributed by atoms with Gasteiger partial charge in [0.15, 0.2) is 0 Å². The van der Waals surface area contributed by atoms with Gasteiger partial charge in [0.2, 0.25) is 0 Å². The van der Waals surface area contributed by atoms with Gasteiger partial charge in [0.05, 0.1) is 6.54 Å². The molecule has 0 amide bonds. The molecule has 1 aliphatic rings. The van der Waals surface area contributed by atoms with E-state index in [9.17, 15) is 0 Å². The molecule has 2 atom stereocenters. The smallest absolute Gasteiger partial charge is 0.123 e. The lowest BCUT2D eigenvalue weighted by molar-refractivity contribution is 0.468. The normalized spacial score (nSPS) is 20.9. The standard InChI is InChI=1S/C18H23NO/c1-3-4-14-5-7-15(8-6-14)19-12-16-9-10-18(20-16)17-11-13(17)2/h5-10,13,17,19H,3-4,11-12H2,1-2H3. The van der Waals surface area contributed by atoms with Crippen LogP contribution in [0.25, 0.3) is 0 Å². The Morgan fingerprint density at radius 1 is 1.15 bits per heavy atom. The molecular formula is C18H23NO. The van der Waals surface area contributed by atoms with Crippen LogP contribution in [0.4, 0.5) is 5.69 Å². The maximum absolute atomic E-state index is 5.90. The van der Waals surface area contributed by atoms with Crippen LogP contribution in [-0.4, -0.2) is 0 Å². The topological polar surface area (TPSA) is 25.2 Å². The van der Waals surface area contributed by atoms with Crippen LogP contribution >= 0.6 is 0 Å².